The number of rotatable bonds is 2. The van der Waals surface area contributed by atoms with E-state index in [1.165, 1.54) is 11.5 Å². The van der Waals surface area contributed by atoms with Crippen molar-refractivity contribution in [2.45, 2.75) is 70.5 Å². The number of esters is 2. The van der Waals surface area contributed by atoms with Crippen molar-refractivity contribution in [1.29, 1.82) is 0 Å². The Hall–Kier alpha value is -0.620. The summed E-state index contributed by atoms with van der Waals surface area (Å²) in [5.41, 5.74) is 1.23. The number of thioether (sulfide) groups is 2. The fourth-order valence-corrected chi connectivity index (χ4v) is 11.7. The first kappa shape index (κ1) is 21.2. The molecule has 2 saturated heterocycles. The molecule has 4 nitrogen and oxygen atoms in total. The normalized spacial score (nSPS) is 48.3. The van der Waals surface area contributed by atoms with Crippen LogP contribution in [-0.2, 0) is 19.1 Å². The highest BCUT2D eigenvalue weighted by Crippen LogP contribution is 2.71. The fraction of sp³-hybridized carbons (Fsp3) is 0.833. The minimum atomic E-state index is -0.143. The lowest BCUT2D eigenvalue weighted by Gasteiger charge is -2.66. The van der Waals surface area contributed by atoms with Crippen LogP contribution >= 0.6 is 23.5 Å². The van der Waals surface area contributed by atoms with Crippen molar-refractivity contribution in [3.63, 3.8) is 0 Å². The van der Waals surface area contributed by atoms with E-state index in [4.69, 9.17) is 9.47 Å². The van der Waals surface area contributed by atoms with E-state index in [2.05, 4.69) is 50.4 Å². The molecule has 0 spiro atoms. The summed E-state index contributed by atoms with van der Waals surface area (Å²) in [5, 5.41) is 0. The number of hydrogen-bond acceptors (Lipinski definition) is 6. The third-order valence-electron chi connectivity index (χ3n) is 9.55. The van der Waals surface area contributed by atoms with Crippen LogP contribution in [0.3, 0.4) is 0 Å². The second-order valence-electron chi connectivity index (χ2n) is 10.8. The molecule has 0 aromatic rings. The largest absolute Gasteiger partial charge is 0.462 e. The number of fused-ring (bicyclic) bond motifs is 5. The van der Waals surface area contributed by atoms with Crippen molar-refractivity contribution >= 4 is 35.5 Å². The summed E-state index contributed by atoms with van der Waals surface area (Å²) in [6.07, 6.45) is 7.50. The first-order valence-corrected chi connectivity index (χ1v) is 13.6. The van der Waals surface area contributed by atoms with Gasteiger partial charge in [0, 0.05) is 35.3 Å². The predicted molar refractivity (Wildman–Crippen MR) is 121 cm³/mol. The number of cyclic esters (lactones) is 1. The predicted octanol–water partition coefficient (Wildman–Crippen LogP) is 5.07. The summed E-state index contributed by atoms with van der Waals surface area (Å²) in [6, 6.07) is 0. The van der Waals surface area contributed by atoms with E-state index in [9.17, 15) is 9.59 Å². The SMILES string of the molecule is CC(=O)O[C@@H]1CC[C@@]2(C)[C@@H]3CC=C4C(=O)OC[C@@H]4[C@@]3(C)CC[C@@H]2[C@]1(C)C1SCCS1. The third-order valence-corrected chi connectivity index (χ3v) is 13.1. The van der Waals surface area contributed by atoms with Crippen LogP contribution in [0, 0.1) is 34.0 Å². The van der Waals surface area contributed by atoms with Crippen LogP contribution in [0.1, 0.15) is 59.8 Å². The molecule has 0 radical (unpaired) electrons. The Kier molecular flexibility index (Phi) is 5.09. The Morgan fingerprint density at radius 1 is 1.10 bits per heavy atom. The van der Waals surface area contributed by atoms with E-state index in [0.29, 0.717) is 23.0 Å². The summed E-state index contributed by atoms with van der Waals surface area (Å²) in [4.78, 5) is 24.3. The molecule has 0 unspecified atom stereocenters. The first-order chi connectivity index (χ1) is 14.2. The second kappa shape index (κ2) is 7.19. The molecule has 5 aliphatic rings. The topological polar surface area (TPSA) is 52.6 Å². The second-order valence-corrected chi connectivity index (χ2v) is 13.5. The summed E-state index contributed by atoms with van der Waals surface area (Å²) in [6.45, 7) is 9.48. The van der Waals surface area contributed by atoms with Gasteiger partial charge in [0.2, 0.25) is 0 Å². The molecule has 6 heteroatoms. The van der Waals surface area contributed by atoms with E-state index in [1.54, 1.807) is 6.92 Å². The van der Waals surface area contributed by atoms with Crippen LogP contribution in [0.15, 0.2) is 11.6 Å². The molecule has 3 aliphatic carbocycles. The van der Waals surface area contributed by atoms with Crippen molar-refractivity contribution in [2.75, 3.05) is 18.1 Å². The van der Waals surface area contributed by atoms with Gasteiger partial charge in [0.05, 0.1) is 11.2 Å². The third kappa shape index (κ3) is 2.81. The zero-order valence-electron chi connectivity index (χ0n) is 18.6. The van der Waals surface area contributed by atoms with Crippen LogP contribution in [0.4, 0.5) is 0 Å². The van der Waals surface area contributed by atoms with Crippen LogP contribution in [0.25, 0.3) is 0 Å². The van der Waals surface area contributed by atoms with Gasteiger partial charge < -0.3 is 9.47 Å². The molecule has 30 heavy (non-hydrogen) atoms. The van der Waals surface area contributed by atoms with Gasteiger partial charge in [0.15, 0.2) is 0 Å². The quantitative estimate of drug-likeness (QED) is 0.548. The fourth-order valence-electron chi connectivity index (χ4n) is 8.17. The molecule has 2 saturated carbocycles. The van der Waals surface area contributed by atoms with Crippen molar-refractivity contribution in [3.05, 3.63) is 11.6 Å². The molecule has 2 aliphatic heterocycles. The van der Waals surface area contributed by atoms with Gasteiger partial charge in [-0.3, -0.25) is 4.79 Å². The Bertz CT molecular complexity index is 790. The Labute approximate surface area is 188 Å². The highest BCUT2D eigenvalue weighted by Gasteiger charge is 2.67. The van der Waals surface area contributed by atoms with E-state index in [-0.39, 0.29) is 40.2 Å². The molecule has 0 bridgehead atoms. The molecule has 0 N–H and O–H groups in total. The Morgan fingerprint density at radius 2 is 1.80 bits per heavy atom. The van der Waals surface area contributed by atoms with Gasteiger partial charge in [0.25, 0.3) is 0 Å². The number of allylic oxidation sites excluding steroid dienone is 1. The Morgan fingerprint density at radius 3 is 2.50 bits per heavy atom. The highest BCUT2D eigenvalue weighted by atomic mass is 32.2. The molecule has 5 rings (SSSR count). The van der Waals surface area contributed by atoms with Crippen LogP contribution in [0.5, 0.6) is 0 Å². The van der Waals surface area contributed by atoms with Crippen LogP contribution < -0.4 is 0 Å². The average Bonchev–Trinajstić information content (AvgIpc) is 3.35. The molecule has 0 amide bonds. The molecular formula is C24H34O4S2. The van der Waals surface area contributed by atoms with E-state index in [0.717, 1.165) is 37.7 Å². The van der Waals surface area contributed by atoms with Gasteiger partial charge in [-0.15, -0.1) is 23.5 Å². The molecular weight excluding hydrogens is 416 g/mol. The molecule has 0 aromatic heterocycles. The Balaban J connectivity index is 1.54. The first-order valence-electron chi connectivity index (χ1n) is 11.5. The number of carbonyl (C=O) groups is 2. The minimum Gasteiger partial charge on any atom is -0.462 e. The van der Waals surface area contributed by atoms with Gasteiger partial charge in [-0.25, -0.2) is 4.79 Å². The monoisotopic (exact) mass is 450 g/mol. The summed E-state index contributed by atoms with van der Waals surface area (Å²) >= 11 is 4.14. The highest BCUT2D eigenvalue weighted by molar-refractivity contribution is 8.20. The zero-order chi connectivity index (χ0) is 21.3. The standard InChI is InChI=1S/C24H34O4S2/c1-14(25)28-19-8-10-23(3)17-6-5-15-16(13-27-20(15)26)22(17,2)9-7-18(23)24(19,4)21-29-11-12-30-21/h5,16-19,21H,6-13H2,1-4H3/t16-,17+,18-,19+,22+,23-,24-/m0/s1. The molecule has 7 atom stereocenters. The van der Waals surface area contributed by atoms with Gasteiger partial charge in [-0.1, -0.05) is 26.8 Å². The van der Waals surface area contributed by atoms with Crippen LogP contribution in [0.2, 0.25) is 0 Å². The smallest absolute Gasteiger partial charge is 0.334 e. The van der Waals surface area contributed by atoms with E-state index < -0.39 is 0 Å². The molecule has 166 valence electrons. The average molecular weight is 451 g/mol. The van der Waals surface area contributed by atoms with Gasteiger partial charge in [0.1, 0.15) is 6.10 Å². The maximum Gasteiger partial charge on any atom is 0.334 e. The molecule has 0 aromatic carbocycles. The van der Waals surface area contributed by atoms with Crippen molar-refractivity contribution in [3.8, 4) is 0 Å². The lowest BCUT2D eigenvalue weighted by molar-refractivity contribution is -0.197. The van der Waals surface area contributed by atoms with E-state index >= 15 is 0 Å². The zero-order valence-corrected chi connectivity index (χ0v) is 20.2. The van der Waals surface area contributed by atoms with Crippen molar-refractivity contribution in [2.24, 2.45) is 34.0 Å². The van der Waals surface area contributed by atoms with Crippen molar-refractivity contribution < 1.29 is 19.1 Å². The lowest BCUT2D eigenvalue weighted by Crippen LogP contribution is -2.63. The number of carbonyl (C=O) groups excluding carboxylic acids is 2. The summed E-state index contributed by atoms with van der Waals surface area (Å²) in [7, 11) is 0. The minimum absolute atomic E-state index is 0.00613. The summed E-state index contributed by atoms with van der Waals surface area (Å²) < 4.78 is 12.0. The van der Waals surface area contributed by atoms with Gasteiger partial charge >= 0.3 is 11.9 Å². The maximum atomic E-state index is 12.3. The number of ether oxygens (including phenoxy) is 2. The van der Waals surface area contributed by atoms with Gasteiger partial charge in [-0.05, 0) is 54.8 Å². The maximum absolute atomic E-state index is 12.3. The molecule has 2 heterocycles. The summed E-state index contributed by atoms with van der Waals surface area (Å²) in [5.74, 6) is 3.46. The van der Waals surface area contributed by atoms with Gasteiger partial charge in [-0.2, -0.15) is 0 Å². The van der Waals surface area contributed by atoms with Crippen LogP contribution in [-0.4, -0.2) is 40.7 Å². The molecule has 4 fully saturated rings. The van der Waals surface area contributed by atoms with E-state index in [1.807, 2.05) is 0 Å². The van der Waals surface area contributed by atoms with Crippen molar-refractivity contribution in [1.82, 2.24) is 0 Å². The number of hydrogen-bond donors (Lipinski definition) is 0. The lowest BCUT2D eigenvalue weighted by atomic mass is 9.39.